The fourth-order valence-electron chi connectivity index (χ4n) is 0.699. The molecule has 0 unspecified atom stereocenters. The average Bonchev–Trinajstić information content (AvgIpc) is 2.51. The van der Waals surface area contributed by atoms with Crippen LogP contribution in [0, 0.1) is 0 Å². The lowest BCUT2D eigenvalue weighted by Crippen LogP contribution is -2.33. The number of aromatic nitrogens is 2. The van der Waals surface area contributed by atoms with E-state index in [9.17, 15) is 13.2 Å². The number of hydrogen-bond donors (Lipinski definition) is 1. The Bertz CT molecular complexity index is 318. The van der Waals surface area contributed by atoms with Crippen molar-refractivity contribution in [2.45, 2.75) is 25.6 Å². The van der Waals surface area contributed by atoms with Crippen LogP contribution in [0.25, 0.3) is 0 Å². The van der Waals surface area contributed by atoms with Gasteiger partial charge in [0.15, 0.2) is 0 Å². The molecule has 0 amide bonds. The molecule has 0 radical (unpaired) electrons. The van der Waals surface area contributed by atoms with Gasteiger partial charge in [-0.3, -0.25) is 0 Å². The van der Waals surface area contributed by atoms with Gasteiger partial charge in [0.05, 0.1) is 5.54 Å². The quantitative estimate of drug-likeness (QED) is 0.802. The van der Waals surface area contributed by atoms with Gasteiger partial charge in [-0.15, -0.1) is 0 Å². The summed E-state index contributed by atoms with van der Waals surface area (Å²) in [4.78, 5) is 3.26. The highest BCUT2D eigenvalue weighted by Crippen LogP contribution is 2.28. The molecule has 0 fully saturated rings. The van der Waals surface area contributed by atoms with Crippen LogP contribution in [0.4, 0.5) is 13.2 Å². The molecule has 0 aliphatic carbocycles. The van der Waals surface area contributed by atoms with E-state index in [1.807, 2.05) is 0 Å². The van der Waals surface area contributed by atoms with Gasteiger partial charge < -0.3 is 9.84 Å². The topological polar surface area (TPSA) is 51.0 Å². The molecule has 0 saturated carbocycles. The summed E-state index contributed by atoms with van der Waals surface area (Å²) in [6.45, 7) is 3.28. The Labute approximate surface area is 78.5 Å². The van der Waals surface area contributed by atoms with E-state index in [0.717, 1.165) is 0 Å². The number of nitrogens with zero attached hydrogens (tertiary/aromatic N) is 2. The van der Waals surface area contributed by atoms with Crippen LogP contribution in [0.15, 0.2) is 4.52 Å². The second-order valence-electron chi connectivity index (χ2n) is 3.30. The van der Waals surface area contributed by atoms with Crippen molar-refractivity contribution in [3.8, 4) is 0 Å². The van der Waals surface area contributed by atoms with Crippen LogP contribution in [0.1, 0.15) is 25.6 Å². The molecule has 0 aliphatic heterocycles. The molecule has 0 atom stereocenters. The Kier molecular flexibility index (Phi) is 2.53. The monoisotopic (exact) mass is 209 g/mol. The Balaban J connectivity index is 3.00. The number of nitrogens with one attached hydrogen (secondary N) is 1. The molecule has 1 rings (SSSR count). The van der Waals surface area contributed by atoms with Gasteiger partial charge in [0, 0.05) is 0 Å². The standard InChI is InChI=1S/C7H10F3N3O/c1-6(2,11-3)5-12-4(13-14-5)7(8,9)10/h11H,1-3H3. The summed E-state index contributed by atoms with van der Waals surface area (Å²) >= 11 is 0. The second-order valence-corrected chi connectivity index (χ2v) is 3.30. The second kappa shape index (κ2) is 3.23. The fraction of sp³-hybridized carbons (Fsp3) is 0.714. The van der Waals surface area contributed by atoms with Gasteiger partial charge in [-0.25, -0.2) is 0 Å². The molecule has 1 N–H and O–H groups in total. The van der Waals surface area contributed by atoms with Crippen molar-refractivity contribution in [2.24, 2.45) is 0 Å². The molecular formula is C7H10F3N3O. The number of halogens is 3. The minimum Gasteiger partial charge on any atom is -0.337 e. The zero-order valence-corrected chi connectivity index (χ0v) is 7.94. The Morgan fingerprint density at radius 1 is 1.29 bits per heavy atom. The van der Waals surface area contributed by atoms with E-state index in [1.54, 1.807) is 20.9 Å². The van der Waals surface area contributed by atoms with Crippen molar-refractivity contribution in [2.75, 3.05) is 7.05 Å². The number of alkyl halides is 3. The van der Waals surface area contributed by atoms with E-state index >= 15 is 0 Å². The lowest BCUT2D eigenvalue weighted by Gasteiger charge is -2.17. The molecule has 0 spiro atoms. The van der Waals surface area contributed by atoms with Crippen LogP contribution in [-0.2, 0) is 11.7 Å². The van der Waals surface area contributed by atoms with Crippen molar-refractivity contribution in [1.82, 2.24) is 15.5 Å². The first-order chi connectivity index (χ1) is 6.27. The van der Waals surface area contributed by atoms with E-state index < -0.39 is 17.5 Å². The predicted octanol–water partition coefficient (Wildman–Crippen LogP) is 1.54. The van der Waals surface area contributed by atoms with E-state index in [1.165, 1.54) is 0 Å². The normalized spacial score (nSPS) is 13.3. The van der Waals surface area contributed by atoms with Gasteiger partial charge in [0.1, 0.15) is 0 Å². The molecule has 0 saturated heterocycles. The minimum atomic E-state index is -4.56. The molecular weight excluding hydrogens is 199 g/mol. The van der Waals surface area contributed by atoms with Crippen LogP contribution < -0.4 is 5.32 Å². The molecule has 0 aliphatic rings. The van der Waals surface area contributed by atoms with E-state index in [0.29, 0.717) is 0 Å². The summed E-state index contributed by atoms with van der Waals surface area (Å²) in [6.07, 6.45) is -4.56. The van der Waals surface area contributed by atoms with Crippen molar-refractivity contribution < 1.29 is 17.7 Å². The summed E-state index contributed by atoms with van der Waals surface area (Å²) in [7, 11) is 1.59. The fourth-order valence-corrected chi connectivity index (χ4v) is 0.699. The predicted molar refractivity (Wildman–Crippen MR) is 41.4 cm³/mol. The largest absolute Gasteiger partial charge is 0.455 e. The van der Waals surface area contributed by atoms with Gasteiger partial charge in [-0.2, -0.15) is 18.2 Å². The highest BCUT2D eigenvalue weighted by atomic mass is 19.4. The van der Waals surface area contributed by atoms with Crippen molar-refractivity contribution >= 4 is 0 Å². The minimum absolute atomic E-state index is 0.0904. The Morgan fingerprint density at radius 3 is 2.21 bits per heavy atom. The first-order valence-electron chi connectivity index (χ1n) is 3.87. The van der Waals surface area contributed by atoms with Gasteiger partial charge in [0.2, 0.25) is 5.89 Å². The van der Waals surface area contributed by atoms with E-state index in [2.05, 4.69) is 20.0 Å². The Morgan fingerprint density at radius 2 is 1.86 bits per heavy atom. The van der Waals surface area contributed by atoms with Gasteiger partial charge in [-0.1, -0.05) is 5.16 Å². The molecule has 0 bridgehead atoms. The molecule has 4 nitrogen and oxygen atoms in total. The maximum Gasteiger partial charge on any atom is 0.455 e. The zero-order valence-electron chi connectivity index (χ0n) is 7.94. The lowest BCUT2D eigenvalue weighted by atomic mass is 10.1. The van der Waals surface area contributed by atoms with Crippen molar-refractivity contribution in [3.05, 3.63) is 11.7 Å². The number of rotatable bonds is 2. The lowest BCUT2D eigenvalue weighted by molar-refractivity contribution is -0.146. The summed E-state index contributed by atoms with van der Waals surface area (Å²) < 4.78 is 40.8. The first-order valence-corrected chi connectivity index (χ1v) is 3.87. The van der Waals surface area contributed by atoms with E-state index in [4.69, 9.17) is 0 Å². The highest BCUT2D eigenvalue weighted by molar-refractivity contribution is 5.00. The molecule has 0 aromatic carbocycles. The smallest absolute Gasteiger partial charge is 0.337 e. The SMILES string of the molecule is CNC(C)(C)c1nc(C(F)(F)F)no1. The first kappa shape index (κ1) is 11.0. The summed E-state index contributed by atoms with van der Waals surface area (Å²) in [5.74, 6) is -1.34. The maximum atomic E-state index is 12.1. The zero-order chi connectivity index (χ0) is 11.0. The summed E-state index contributed by atoms with van der Waals surface area (Å²) in [6, 6.07) is 0. The van der Waals surface area contributed by atoms with E-state index in [-0.39, 0.29) is 5.89 Å². The van der Waals surface area contributed by atoms with Crippen molar-refractivity contribution in [1.29, 1.82) is 0 Å². The Hall–Kier alpha value is -1.11. The van der Waals surface area contributed by atoms with Crippen LogP contribution in [-0.4, -0.2) is 17.2 Å². The molecule has 1 heterocycles. The molecule has 1 aromatic rings. The molecule has 14 heavy (non-hydrogen) atoms. The summed E-state index contributed by atoms with van der Waals surface area (Å²) in [5.41, 5.74) is -0.767. The van der Waals surface area contributed by atoms with Crippen LogP contribution in [0.2, 0.25) is 0 Å². The third-order valence-corrected chi connectivity index (χ3v) is 1.84. The third-order valence-electron chi connectivity index (χ3n) is 1.84. The molecule has 80 valence electrons. The third kappa shape index (κ3) is 2.03. The molecule has 1 aromatic heterocycles. The summed E-state index contributed by atoms with van der Waals surface area (Å²) in [5, 5.41) is 5.61. The highest BCUT2D eigenvalue weighted by Gasteiger charge is 2.39. The van der Waals surface area contributed by atoms with Crippen molar-refractivity contribution in [3.63, 3.8) is 0 Å². The van der Waals surface area contributed by atoms with Gasteiger partial charge >= 0.3 is 6.18 Å². The van der Waals surface area contributed by atoms with Gasteiger partial charge in [-0.05, 0) is 20.9 Å². The van der Waals surface area contributed by atoms with Crippen LogP contribution >= 0.6 is 0 Å². The maximum absolute atomic E-state index is 12.1. The van der Waals surface area contributed by atoms with Crippen LogP contribution in [0.5, 0.6) is 0 Å². The average molecular weight is 209 g/mol. The number of hydrogen-bond acceptors (Lipinski definition) is 4. The van der Waals surface area contributed by atoms with Crippen LogP contribution in [0.3, 0.4) is 0 Å². The van der Waals surface area contributed by atoms with Gasteiger partial charge in [0.25, 0.3) is 5.82 Å². The molecule has 7 heteroatoms.